The maximum absolute atomic E-state index is 12.7. The van der Waals surface area contributed by atoms with Crippen LogP contribution in [0.15, 0.2) is 0 Å². The number of fused-ring (bicyclic) bond motifs is 21. The van der Waals surface area contributed by atoms with Crippen LogP contribution in [0.5, 0.6) is 0 Å². The quantitative estimate of drug-likeness (QED) is 0.0342. The highest BCUT2D eigenvalue weighted by atomic mass is 16.7. The van der Waals surface area contributed by atoms with Crippen LogP contribution in [0.25, 0.3) is 0 Å². The van der Waals surface area contributed by atoms with Gasteiger partial charge in [0.1, 0.15) is 28.0 Å². The molecule has 0 heterocycles. The maximum Gasteiger partial charge on any atom is 0.313 e. The third kappa shape index (κ3) is 32.5. The highest BCUT2D eigenvalue weighted by molar-refractivity contribution is 5.79. The van der Waals surface area contributed by atoms with Crippen molar-refractivity contribution in [3.05, 3.63) is 0 Å². The standard InChI is InChI=1S/C21H36O2.C20H32O3.C19H30O2.C18H30O3.C16H28O2.C12H24O2.C10H20O2.14CH4/c1-8-18(3,4)17(22)23-20(7)11-12-21-13-16(20)19(5,6)15(21)10-9-14(21)2;1-5-20(3,4)19(21)23-11(2)22-16-10-14-9-15(16)18-13-7-6-12(8-13)17(14)18;1-5-18(2,3)17(20)21-19(4)10-13-9-14(19)16-12-7-6-11(8-12)15(13)16;1-5-17(3,4)16(19)20-12(2)21-18-9-13-6-14(10-18)8-15(7-13)11-18;1-6-15(2,3)14(17)18-16(4,5)13-10-11-7-8-12(13)9-11;1-8-11(4,5)10(13)14-12(6,7)9(2)3;1-7-10(5,6)8(11)12-9(2,3)4;;;;;;;;;;;;;;/h14-16H,8-13H2,1-7H3;11-18H,5-10H2,1-4H3;11-16H,5-10H2,1-4H3;12-15H,5-11H2,1-4H3;11-13H,6-10H2,1-5H3;9H,8H2,1-7H3;7H2,1-6H3;14*1H4. The lowest BCUT2D eigenvalue weighted by Gasteiger charge is -2.56. The molecule has 17 aliphatic carbocycles. The molecule has 0 amide bonds. The summed E-state index contributed by atoms with van der Waals surface area (Å²) in [5.74, 6) is 17.7. The van der Waals surface area contributed by atoms with E-state index in [1.165, 1.54) is 148 Å². The number of carbonyl (C=O) groups is 7. The van der Waals surface area contributed by atoms with E-state index in [9.17, 15) is 33.6 Å². The molecule has 24 unspecified atom stereocenters. The number of rotatable bonds is 26. The molecular weight excluding hydrogens is 1820 g/mol. The van der Waals surface area contributed by atoms with Crippen LogP contribution in [0.2, 0.25) is 0 Å². The molecule has 146 heavy (non-hydrogen) atoms. The van der Waals surface area contributed by atoms with Gasteiger partial charge in [0, 0.05) is 17.8 Å². The number of hydrogen-bond acceptors (Lipinski definition) is 16. The average molecular weight is 2080 g/mol. The van der Waals surface area contributed by atoms with Gasteiger partial charge in [-0.05, 0) is 495 Å². The summed E-state index contributed by atoms with van der Waals surface area (Å²) in [6.07, 6.45) is 38.5. The van der Waals surface area contributed by atoms with Gasteiger partial charge in [-0.25, -0.2) is 0 Å². The van der Waals surface area contributed by atoms with E-state index in [1.807, 2.05) is 180 Å². The summed E-state index contributed by atoms with van der Waals surface area (Å²) in [4.78, 5) is 85.3. The minimum Gasteiger partial charge on any atom is -0.460 e. The van der Waals surface area contributed by atoms with Crippen LogP contribution in [0, 0.1) is 179 Å². The topological polar surface area (TPSA) is 203 Å². The van der Waals surface area contributed by atoms with Crippen molar-refractivity contribution in [3.8, 4) is 0 Å². The SMILES string of the molecule is C.C.C.C.C.C.C.C.C.C.C.C.C.C.CCC(C)(C)C(=O)OC(C)(C)C.CCC(C)(C)C(=O)OC(C)(C)C(C)C.CCC(C)(C)C(=O)OC(C)(C)C1CC2CCC1C2.CCC(C)(C)C(=O)OC(C)OC12CC3CC(CC(C3)C1)C2.CCC(C)(C)C(=O)OC(C)OC1CC2CC1C1C3CCC(C3)C21.CCC(C)(C)C(=O)OC1(C)CC2CC1C1C3CCC(C3)C21.CCC(C)(C)C(=O)OC1(C)CCC23CC1C(C)(C)C2CCC3C. The van der Waals surface area contributed by atoms with E-state index in [-0.39, 0.29) is 212 Å². The van der Waals surface area contributed by atoms with Crippen LogP contribution < -0.4 is 0 Å². The average Bonchev–Trinajstić information content (AvgIpc) is 1.52. The molecule has 0 saturated heterocycles. The lowest BCUT2D eigenvalue weighted by atomic mass is 9.54. The number of carbonyl (C=O) groups excluding carboxylic acids is 7. The number of esters is 7. The van der Waals surface area contributed by atoms with Gasteiger partial charge in [-0.1, -0.05) is 193 Å². The second-order valence-corrected chi connectivity index (χ2v) is 54.8. The Morgan fingerprint density at radius 3 is 1.10 bits per heavy atom. The van der Waals surface area contributed by atoms with Crippen molar-refractivity contribution in [1.29, 1.82) is 0 Å². The van der Waals surface area contributed by atoms with E-state index in [2.05, 4.69) is 76.2 Å². The first-order valence-electron chi connectivity index (χ1n) is 54.6. The Kier molecular flexibility index (Phi) is 57.5. The molecular formula is C130H256O16. The minimum absolute atomic E-state index is 0. The summed E-state index contributed by atoms with van der Waals surface area (Å²) >= 11 is 0. The normalized spacial score (nSPS) is 33.4. The minimum atomic E-state index is -0.418. The smallest absolute Gasteiger partial charge is 0.313 e. The Morgan fingerprint density at radius 2 is 0.699 bits per heavy atom. The highest BCUT2D eigenvalue weighted by Gasteiger charge is 2.71. The Bertz CT molecular complexity index is 3900. The van der Waals surface area contributed by atoms with Crippen molar-refractivity contribution >= 4 is 41.8 Å². The molecule has 0 aromatic carbocycles. The van der Waals surface area contributed by atoms with Crippen molar-refractivity contribution in [3.63, 3.8) is 0 Å². The summed E-state index contributed by atoms with van der Waals surface area (Å²) in [6.45, 7) is 75.2. The zero-order valence-corrected chi connectivity index (χ0v) is 91.6. The Hall–Kier alpha value is -3.79. The first kappa shape index (κ1) is 151. The molecule has 872 valence electrons. The third-order valence-corrected chi connectivity index (χ3v) is 40.7. The molecule has 17 saturated carbocycles. The summed E-state index contributed by atoms with van der Waals surface area (Å²) < 4.78 is 52.8. The molecule has 17 aliphatic rings. The molecule has 0 aromatic rings. The molecule has 17 fully saturated rings. The third-order valence-electron chi connectivity index (χ3n) is 40.7. The zero-order chi connectivity index (χ0) is 99.0. The van der Waals surface area contributed by atoms with E-state index in [0.29, 0.717) is 35.2 Å². The van der Waals surface area contributed by atoms with E-state index in [0.717, 1.165) is 164 Å². The Labute approximate surface area is 909 Å². The van der Waals surface area contributed by atoms with Crippen LogP contribution in [-0.2, 0) is 76.2 Å². The largest absolute Gasteiger partial charge is 0.460 e. The summed E-state index contributed by atoms with van der Waals surface area (Å²) in [7, 11) is 0. The molecule has 24 atom stereocenters. The van der Waals surface area contributed by atoms with Crippen LogP contribution in [0.4, 0.5) is 0 Å². The molecule has 0 N–H and O–H groups in total. The molecule has 17 rings (SSSR count). The fourth-order valence-corrected chi connectivity index (χ4v) is 29.2. The summed E-state index contributed by atoms with van der Waals surface area (Å²) in [5.41, 5.74) is -3.27. The van der Waals surface area contributed by atoms with Gasteiger partial charge in [-0.2, -0.15) is 0 Å². The number of hydrogen-bond donors (Lipinski definition) is 0. The molecule has 0 radical (unpaired) electrons. The molecule has 16 bridgehead atoms. The van der Waals surface area contributed by atoms with Gasteiger partial charge in [0.05, 0.1) is 49.6 Å². The van der Waals surface area contributed by atoms with Gasteiger partial charge in [0.15, 0.2) is 6.29 Å². The van der Waals surface area contributed by atoms with Gasteiger partial charge in [0.25, 0.3) is 0 Å². The fraction of sp³-hybridized carbons (Fsp3) is 0.946. The zero-order valence-electron chi connectivity index (χ0n) is 91.6. The van der Waals surface area contributed by atoms with Gasteiger partial charge >= 0.3 is 41.8 Å². The van der Waals surface area contributed by atoms with Crippen LogP contribution in [0.1, 0.15) is 566 Å². The van der Waals surface area contributed by atoms with Gasteiger partial charge < -0.3 is 42.6 Å². The van der Waals surface area contributed by atoms with E-state index in [4.69, 9.17) is 42.6 Å². The van der Waals surface area contributed by atoms with E-state index >= 15 is 0 Å². The summed E-state index contributed by atoms with van der Waals surface area (Å²) in [6, 6.07) is 0. The van der Waals surface area contributed by atoms with Gasteiger partial charge in [-0.3, -0.25) is 33.6 Å². The molecule has 0 aromatic heterocycles. The lowest BCUT2D eigenvalue weighted by molar-refractivity contribution is -0.248. The first-order valence-corrected chi connectivity index (χ1v) is 54.6. The lowest BCUT2D eigenvalue weighted by Crippen LogP contribution is -2.53. The predicted octanol–water partition coefficient (Wildman–Crippen LogP) is 38.0. The van der Waals surface area contributed by atoms with E-state index < -0.39 is 23.4 Å². The molecule has 1 spiro atoms. The second kappa shape index (κ2) is 55.7. The fourth-order valence-electron chi connectivity index (χ4n) is 29.2. The maximum atomic E-state index is 12.7. The van der Waals surface area contributed by atoms with E-state index in [1.54, 1.807) is 0 Å². The number of ether oxygens (including phenoxy) is 9. The Morgan fingerprint density at radius 1 is 0.322 bits per heavy atom. The first-order chi connectivity index (χ1) is 60.7. The molecule has 16 nitrogen and oxygen atoms in total. The van der Waals surface area contributed by atoms with Crippen molar-refractivity contribution in [2.45, 2.75) is 618 Å². The van der Waals surface area contributed by atoms with Crippen molar-refractivity contribution < 1.29 is 76.2 Å². The van der Waals surface area contributed by atoms with Crippen molar-refractivity contribution in [1.82, 2.24) is 0 Å². The second-order valence-electron chi connectivity index (χ2n) is 54.8. The van der Waals surface area contributed by atoms with Crippen LogP contribution >= 0.6 is 0 Å². The Balaban J connectivity index is -0.000000526. The van der Waals surface area contributed by atoms with Gasteiger partial charge in [0.2, 0.25) is 6.29 Å². The van der Waals surface area contributed by atoms with Gasteiger partial charge in [-0.15, -0.1) is 0 Å². The monoisotopic (exact) mass is 2070 g/mol. The van der Waals surface area contributed by atoms with Crippen LogP contribution in [0.3, 0.4) is 0 Å². The van der Waals surface area contributed by atoms with Crippen LogP contribution in [-0.4, -0.2) is 94.1 Å². The van der Waals surface area contributed by atoms with Crippen molar-refractivity contribution in [2.24, 2.45) is 179 Å². The molecule has 0 aliphatic heterocycles. The predicted molar refractivity (Wildman–Crippen MR) is 623 cm³/mol. The highest BCUT2D eigenvalue weighted by Crippen LogP contribution is 2.75. The molecule has 16 heteroatoms. The summed E-state index contributed by atoms with van der Waals surface area (Å²) in [5, 5.41) is 0. The van der Waals surface area contributed by atoms with Crippen molar-refractivity contribution in [2.75, 3.05) is 0 Å².